The molecule has 0 fully saturated rings. The summed E-state index contributed by atoms with van der Waals surface area (Å²) in [5, 5.41) is 16.8. The standard InChI is InChI=1S/C14H12N6OS3/c1-8-7-20-12(15-8)23-14(19-20)24-13-18-17-11(22-13)16-9-4-3-5-10(6-9)21-2/h3-7H,1-2H3,(H,16,17). The summed E-state index contributed by atoms with van der Waals surface area (Å²) in [6, 6.07) is 7.68. The highest BCUT2D eigenvalue weighted by Gasteiger charge is 2.12. The second-order valence-electron chi connectivity index (χ2n) is 4.81. The smallest absolute Gasteiger partial charge is 0.213 e. The third-order valence-corrected chi connectivity index (χ3v) is 5.91. The van der Waals surface area contributed by atoms with Gasteiger partial charge in [-0.05, 0) is 30.8 Å². The molecule has 0 aliphatic heterocycles. The maximum atomic E-state index is 5.21. The number of aryl methyl sites for hydroxylation is 1. The Morgan fingerprint density at radius 2 is 2.12 bits per heavy atom. The number of ether oxygens (including phenoxy) is 1. The predicted octanol–water partition coefficient (Wildman–Crippen LogP) is 3.85. The van der Waals surface area contributed by atoms with Crippen molar-refractivity contribution in [1.82, 2.24) is 24.8 Å². The molecule has 122 valence electrons. The molecule has 0 saturated heterocycles. The van der Waals surface area contributed by atoms with Crippen LogP contribution in [0.15, 0.2) is 39.1 Å². The van der Waals surface area contributed by atoms with E-state index in [-0.39, 0.29) is 0 Å². The highest BCUT2D eigenvalue weighted by molar-refractivity contribution is 8.02. The van der Waals surface area contributed by atoms with Crippen LogP contribution in [0.4, 0.5) is 10.8 Å². The number of benzene rings is 1. The summed E-state index contributed by atoms with van der Waals surface area (Å²) in [4.78, 5) is 5.29. The molecule has 0 atom stereocenters. The molecule has 10 heteroatoms. The molecule has 4 rings (SSSR count). The van der Waals surface area contributed by atoms with E-state index in [2.05, 4.69) is 25.6 Å². The Morgan fingerprint density at radius 1 is 1.21 bits per heavy atom. The van der Waals surface area contributed by atoms with Crippen LogP contribution in [0, 0.1) is 6.92 Å². The van der Waals surface area contributed by atoms with Crippen molar-refractivity contribution in [2.24, 2.45) is 0 Å². The molecule has 0 amide bonds. The normalized spacial score (nSPS) is 11.1. The Bertz CT molecular complexity index is 960. The van der Waals surface area contributed by atoms with Crippen molar-refractivity contribution in [2.75, 3.05) is 12.4 Å². The molecular formula is C14H12N6OS3. The summed E-state index contributed by atoms with van der Waals surface area (Å²) in [5.74, 6) is 0.792. The first-order valence-corrected chi connectivity index (χ1v) is 9.40. The van der Waals surface area contributed by atoms with E-state index in [9.17, 15) is 0 Å². The number of rotatable bonds is 5. The molecule has 24 heavy (non-hydrogen) atoms. The molecule has 0 bridgehead atoms. The van der Waals surface area contributed by atoms with Gasteiger partial charge in [0.2, 0.25) is 10.1 Å². The van der Waals surface area contributed by atoms with Crippen LogP contribution >= 0.6 is 34.4 Å². The van der Waals surface area contributed by atoms with Crippen molar-refractivity contribution in [1.29, 1.82) is 0 Å². The van der Waals surface area contributed by atoms with Gasteiger partial charge in [-0.15, -0.1) is 15.3 Å². The van der Waals surface area contributed by atoms with Gasteiger partial charge in [0.1, 0.15) is 5.75 Å². The Morgan fingerprint density at radius 3 is 2.96 bits per heavy atom. The summed E-state index contributed by atoms with van der Waals surface area (Å²) in [5.41, 5.74) is 1.87. The van der Waals surface area contributed by atoms with E-state index in [4.69, 9.17) is 4.74 Å². The van der Waals surface area contributed by atoms with Gasteiger partial charge in [-0.3, -0.25) is 0 Å². The molecule has 3 aromatic heterocycles. The second kappa shape index (κ2) is 6.38. The summed E-state index contributed by atoms with van der Waals surface area (Å²) in [6.07, 6.45) is 1.91. The van der Waals surface area contributed by atoms with Crippen LogP contribution < -0.4 is 10.1 Å². The number of nitrogens with zero attached hydrogens (tertiary/aromatic N) is 5. The van der Waals surface area contributed by atoms with Gasteiger partial charge in [-0.2, -0.15) is 0 Å². The van der Waals surface area contributed by atoms with E-state index >= 15 is 0 Å². The Hall–Kier alpha value is -2.17. The van der Waals surface area contributed by atoms with E-state index < -0.39 is 0 Å². The predicted molar refractivity (Wildman–Crippen MR) is 95.9 cm³/mol. The number of hydrogen-bond donors (Lipinski definition) is 1. The highest BCUT2D eigenvalue weighted by Crippen LogP contribution is 2.35. The number of methoxy groups -OCH3 is 1. The highest BCUT2D eigenvalue weighted by atomic mass is 32.2. The quantitative estimate of drug-likeness (QED) is 0.567. The van der Waals surface area contributed by atoms with Crippen molar-refractivity contribution in [3.8, 4) is 5.75 Å². The van der Waals surface area contributed by atoms with Crippen molar-refractivity contribution < 1.29 is 4.74 Å². The Labute approximate surface area is 149 Å². The van der Waals surface area contributed by atoms with Crippen LogP contribution in [-0.4, -0.2) is 31.9 Å². The first-order valence-electron chi connectivity index (χ1n) is 6.95. The van der Waals surface area contributed by atoms with Gasteiger partial charge in [0.05, 0.1) is 19.0 Å². The molecule has 1 aromatic carbocycles. The van der Waals surface area contributed by atoms with E-state index in [1.165, 1.54) is 34.4 Å². The third kappa shape index (κ3) is 3.21. The molecule has 7 nitrogen and oxygen atoms in total. The average molecular weight is 376 g/mol. The number of hydrogen-bond acceptors (Lipinski definition) is 9. The molecule has 3 heterocycles. The lowest BCUT2D eigenvalue weighted by Crippen LogP contribution is -1.90. The molecule has 4 aromatic rings. The first kappa shape index (κ1) is 15.4. The van der Waals surface area contributed by atoms with Gasteiger partial charge in [-0.1, -0.05) is 28.7 Å². The second-order valence-corrected chi connectivity index (χ2v) is 8.24. The van der Waals surface area contributed by atoms with E-state index in [0.29, 0.717) is 0 Å². The van der Waals surface area contributed by atoms with Crippen LogP contribution in [0.1, 0.15) is 5.69 Å². The molecular weight excluding hydrogens is 364 g/mol. The zero-order valence-electron chi connectivity index (χ0n) is 12.8. The van der Waals surface area contributed by atoms with Crippen LogP contribution in [-0.2, 0) is 0 Å². The molecule has 0 spiro atoms. The third-order valence-electron chi connectivity index (χ3n) is 3.05. The lowest BCUT2D eigenvalue weighted by atomic mass is 10.3. The van der Waals surface area contributed by atoms with Gasteiger partial charge >= 0.3 is 0 Å². The molecule has 0 aliphatic carbocycles. The topological polar surface area (TPSA) is 77.2 Å². The molecule has 0 radical (unpaired) electrons. The largest absolute Gasteiger partial charge is 0.497 e. The maximum Gasteiger partial charge on any atom is 0.213 e. The minimum absolute atomic E-state index is 0.725. The molecule has 0 aliphatic rings. The fourth-order valence-electron chi connectivity index (χ4n) is 2.03. The van der Waals surface area contributed by atoms with Gasteiger partial charge < -0.3 is 10.1 Å². The summed E-state index contributed by atoms with van der Waals surface area (Å²) < 4.78 is 8.72. The lowest BCUT2D eigenvalue weighted by molar-refractivity contribution is 0.415. The number of fused-ring (bicyclic) bond motifs is 1. The zero-order valence-corrected chi connectivity index (χ0v) is 15.2. The number of nitrogens with one attached hydrogen (secondary N) is 1. The average Bonchev–Trinajstić information content (AvgIpc) is 3.23. The minimum atomic E-state index is 0.725. The van der Waals surface area contributed by atoms with Crippen molar-refractivity contribution in [2.45, 2.75) is 15.6 Å². The van der Waals surface area contributed by atoms with Crippen LogP contribution in [0.5, 0.6) is 5.75 Å². The van der Waals surface area contributed by atoms with Gasteiger partial charge in [-0.25, -0.2) is 9.50 Å². The van der Waals surface area contributed by atoms with E-state index in [0.717, 1.165) is 35.9 Å². The molecule has 0 saturated carbocycles. The van der Waals surface area contributed by atoms with Gasteiger partial charge in [0.25, 0.3) is 0 Å². The lowest BCUT2D eigenvalue weighted by Gasteiger charge is -2.04. The van der Waals surface area contributed by atoms with Crippen molar-refractivity contribution in [3.05, 3.63) is 36.2 Å². The van der Waals surface area contributed by atoms with Crippen molar-refractivity contribution in [3.63, 3.8) is 0 Å². The minimum Gasteiger partial charge on any atom is -0.497 e. The van der Waals surface area contributed by atoms with E-state index in [1.54, 1.807) is 11.6 Å². The number of imidazole rings is 1. The van der Waals surface area contributed by atoms with Crippen LogP contribution in [0.25, 0.3) is 4.96 Å². The molecule has 0 unspecified atom stereocenters. The summed E-state index contributed by atoms with van der Waals surface area (Å²) in [7, 11) is 1.64. The Kier molecular flexibility index (Phi) is 4.08. The fraction of sp³-hybridized carbons (Fsp3) is 0.143. The maximum absolute atomic E-state index is 5.21. The summed E-state index contributed by atoms with van der Waals surface area (Å²) in [6.45, 7) is 1.95. The number of aromatic nitrogens is 5. The van der Waals surface area contributed by atoms with Crippen LogP contribution in [0.3, 0.4) is 0 Å². The zero-order chi connectivity index (χ0) is 16.5. The molecule has 1 N–H and O–H groups in total. The van der Waals surface area contributed by atoms with Crippen LogP contribution in [0.2, 0.25) is 0 Å². The monoisotopic (exact) mass is 376 g/mol. The summed E-state index contributed by atoms with van der Waals surface area (Å²) >= 11 is 4.50. The number of anilines is 2. The van der Waals surface area contributed by atoms with Gasteiger partial charge in [0, 0.05) is 11.8 Å². The van der Waals surface area contributed by atoms with Gasteiger partial charge in [0.15, 0.2) is 8.68 Å². The first-order chi connectivity index (χ1) is 11.7. The Balaban J connectivity index is 1.48. The SMILES string of the molecule is COc1cccc(Nc2nnc(Sc3nn4cc(C)nc4s3)s2)c1. The van der Waals surface area contributed by atoms with E-state index in [1.807, 2.05) is 37.4 Å². The van der Waals surface area contributed by atoms with Crippen molar-refractivity contribution >= 4 is 50.2 Å². The fourth-order valence-corrected chi connectivity index (χ4v) is 4.98.